The molecule has 0 radical (unpaired) electrons. The van der Waals surface area contributed by atoms with Crippen molar-refractivity contribution in [1.29, 1.82) is 5.26 Å². The average molecular weight is 513 g/mol. The van der Waals surface area contributed by atoms with Crippen LogP contribution in [0.4, 0.5) is 5.82 Å². The van der Waals surface area contributed by atoms with E-state index in [0.717, 1.165) is 6.08 Å². The highest BCUT2D eigenvalue weighted by atomic mass is 35.5. The summed E-state index contributed by atoms with van der Waals surface area (Å²) in [4.78, 5) is 19.4. The first-order chi connectivity index (χ1) is 16.8. The maximum absolute atomic E-state index is 13.5. The zero-order valence-electron chi connectivity index (χ0n) is 18.6. The molecule has 0 amide bonds. The zero-order valence-corrected chi connectivity index (χ0v) is 20.1. The van der Waals surface area contributed by atoms with Gasteiger partial charge in [-0.2, -0.15) is 5.26 Å². The van der Waals surface area contributed by atoms with Crippen LogP contribution in [-0.4, -0.2) is 49.9 Å². The van der Waals surface area contributed by atoms with E-state index in [1.165, 1.54) is 28.7 Å². The lowest BCUT2D eigenvalue weighted by molar-refractivity contribution is -0.169. The number of anilines is 1. The van der Waals surface area contributed by atoms with Crippen molar-refractivity contribution in [2.75, 3.05) is 31.2 Å². The van der Waals surface area contributed by atoms with Crippen LogP contribution in [0.2, 0.25) is 5.02 Å². The fourth-order valence-electron chi connectivity index (χ4n) is 4.35. The van der Waals surface area contributed by atoms with E-state index in [-0.39, 0.29) is 10.5 Å². The number of halogens is 1. The molecule has 0 aliphatic carbocycles. The van der Waals surface area contributed by atoms with E-state index in [0.29, 0.717) is 55.6 Å². The van der Waals surface area contributed by atoms with E-state index in [1.54, 1.807) is 30.5 Å². The first kappa shape index (κ1) is 23.5. The van der Waals surface area contributed by atoms with Crippen molar-refractivity contribution in [3.63, 3.8) is 0 Å². The minimum atomic E-state index is -4.19. The summed E-state index contributed by atoms with van der Waals surface area (Å²) in [5.74, 6) is -0.318. The smallest absolute Gasteiger partial charge is 0.267 e. The molecule has 2 fully saturated rings. The molecular weight excluding hydrogens is 492 g/mol. The van der Waals surface area contributed by atoms with Crippen LogP contribution in [-0.2, 0) is 19.3 Å². The summed E-state index contributed by atoms with van der Waals surface area (Å²) in [5, 5.41) is 10.1. The second-order valence-electron chi connectivity index (χ2n) is 8.26. The predicted octanol–water partition coefficient (Wildman–Crippen LogP) is 3.03. The lowest BCUT2D eigenvalue weighted by Gasteiger charge is -2.38. The molecule has 2 aliphatic heterocycles. The predicted molar refractivity (Wildman–Crippen MR) is 130 cm³/mol. The van der Waals surface area contributed by atoms with Gasteiger partial charge in [-0.25, -0.2) is 13.4 Å². The highest BCUT2D eigenvalue weighted by molar-refractivity contribution is 7.95. The third-order valence-electron chi connectivity index (χ3n) is 6.19. The van der Waals surface area contributed by atoms with Gasteiger partial charge < -0.3 is 14.4 Å². The molecule has 5 rings (SSSR count). The van der Waals surface area contributed by atoms with Gasteiger partial charge in [0.25, 0.3) is 5.56 Å². The number of pyridine rings is 1. The number of hydrogen-bond donors (Lipinski definition) is 0. The van der Waals surface area contributed by atoms with Gasteiger partial charge >= 0.3 is 0 Å². The molecule has 1 aromatic carbocycles. The fourth-order valence-corrected chi connectivity index (χ4v) is 5.61. The summed E-state index contributed by atoms with van der Waals surface area (Å²) in [7, 11) is -4.19. The Labute approximate surface area is 206 Å². The molecule has 0 unspecified atom stereocenters. The molecule has 2 aliphatic rings. The first-order valence-corrected chi connectivity index (χ1v) is 12.9. The van der Waals surface area contributed by atoms with E-state index in [1.807, 2.05) is 4.90 Å². The van der Waals surface area contributed by atoms with Crippen molar-refractivity contribution in [2.24, 2.45) is 0 Å². The number of nitrogens with zero attached hydrogens (tertiary/aromatic N) is 4. The van der Waals surface area contributed by atoms with Crippen LogP contribution in [0.3, 0.4) is 0 Å². The van der Waals surface area contributed by atoms with Crippen molar-refractivity contribution in [3.8, 4) is 6.07 Å². The van der Waals surface area contributed by atoms with Crippen LogP contribution in [0, 0.1) is 11.3 Å². The molecule has 35 heavy (non-hydrogen) atoms. The van der Waals surface area contributed by atoms with Gasteiger partial charge in [-0.1, -0.05) is 17.7 Å². The summed E-state index contributed by atoms with van der Waals surface area (Å²) in [6.07, 6.45) is 3.80. The second-order valence-corrected chi connectivity index (χ2v) is 10.6. The molecule has 11 heteroatoms. The number of nitriles is 1. The normalized spacial score (nSPS) is 18.2. The summed E-state index contributed by atoms with van der Waals surface area (Å²) in [5.41, 5.74) is -0.0392. The Kier molecular flexibility index (Phi) is 6.11. The van der Waals surface area contributed by atoms with Crippen LogP contribution in [0.15, 0.2) is 63.3 Å². The van der Waals surface area contributed by atoms with E-state index in [9.17, 15) is 18.5 Å². The topological polar surface area (TPSA) is 114 Å². The second kappa shape index (κ2) is 9.09. The fraction of sp³-hybridized carbons (Fsp3) is 0.292. The Hall–Kier alpha value is -3.23. The Morgan fingerprint density at radius 2 is 1.80 bits per heavy atom. The molecule has 180 valence electrons. The summed E-state index contributed by atoms with van der Waals surface area (Å²) >= 11 is 5.88. The minimum absolute atomic E-state index is 0.0204. The molecule has 1 spiro atoms. The third-order valence-corrected chi connectivity index (χ3v) is 8.12. The maximum Gasteiger partial charge on any atom is 0.267 e. The van der Waals surface area contributed by atoms with E-state index in [4.69, 9.17) is 21.1 Å². The van der Waals surface area contributed by atoms with Gasteiger partial charge in [-0.3, -0.25) is 9.20 Å². The number of aromatic nitrogens is 2. The van der Waals surface area contributed by atoms with Crippen LogP contribution in [0.1, 0.15) is 18.4 Å². The Balaban J connectivity index is 1.62. The number of allylic oxidation sites excluding steroid dienone is 1. The van der Waals surface area contributed by atoms with Gasteiger partial charge in [0.05, 0.1) is 23.7 Å². The van der Waals surface area contributed by atoms with Gasteiger partial charge in [0.1, 0.15) is 22.4 Å². The van der Waals surface area contributed by atoms with Crippen LogP contribution in [0.5, 0.6) is 0 Å². The molecule has 9 nitrogen and oxygen atoms in total. The Morgan fingerprint density at radius 3 is 2.46 bits per heavy atom. The molecule has 4 heterocycles. The third kappa shape index (κ3) is 4.32. The van der Waals surface area contributed by atoms with Gasteiger partial charge in [0.15, 0.2) is 5.79 Å². The monoisotopic (exact) mass is 512 g/mol. The van der Waals surface area contributed by atoms with E-state index >= 15 is 0 Å². The molecule has 0 bridgehead atoms. The van der Waals surface area contributed by atoms with Crippen molar-refractivity contribution in [3.05, 3.63) is 74.5 Å². The largest absolute Gasteiger partial charge is 0.355 e. The van der Waals surface area contributed by atoms with Crippen molar-refractivity contribution in [1.82, 2.24) is 9.38 Å². The molecule has 0 saturated carbocycles. The van der Waals surface area contributed by atoms with Gasteiger partial charge in [0.2, 0.25) is 9.84 Å². The highest BCUT2D eigenvalue weighted by Gasteiger charge is 2.40. The van der Waals surface area contributed by atoms with Crippen molar-refractivity contribution >= 4 is 39.0 Å². The molecular formula is C24H21ClN4O5S. The zero-order chi connectivity index (χ0) is 24.6. The molecule has 3 aromatic rings. The number of benzene rings is 1. The Morgan fingerprint density at radius 1 is 1.11 bits per heavy atom. The number of piperidine rings is 1. The molecule has 0 atom stereocenters. The number of sulfone groups is 1. The van der Waals surface area contributed by atoms with Gasteiger partial charge in [0, 0.05) is 37.2 Å². The van der Waals surface area contributed by atoms with E-state index < -0.39 is 26.1 Å². The van der Waals surface area contributed by atoms with Crippen molar-refractivity contribution in [2.45, 2.75) is 23.5 Å². The quantitative estimate of drug-likeness (QED) is 0.490. The van der Waals surface area contributed by atoms with Crippen LogP contribution < -0.4 is 10.5 Å². The molecule has 2 aromatic heterocycles. The van der Waals surface area contributed by atoms with Gasteiger partial charge in [-0.15, -0.1) is 0 Å². The van der Waals surface area contributed by atoms with E-state index in [2.05, 4.69) is 4.98 Å². The SMILES string of the molecule is N#CC(=Cc1c(N2CCC3(CC2)OCCO3)nc2ccccn2c1=O)S(=O)(=O)c1ccc(Cl)cc1. The number of rotatable bonds is 4. The first-order valence-electron chi connectivity index (χ1n) is 11.0. The van der Waals surface area contributed by atoms with Crippen molar-refractivity contribution < 1.29 is 17.9 Å². The summed E-state index contributed by atoms with van der Waals surface area (Å²) < 4.78 is 39.3. The minimum Gasteiger partial charge on any atom is -0.355 e. The lowest BCUT2D eigenvalue weighted by atomic mass is 10.0. The number of fused-ring (bicyclic) bond motifs is 1. The Bertz CT molecular complexity index is 1510. The molecule has 0 N–H and O–H groups in total. The number of ether oxygens (including phenoxy) is 2. The molecule has 2 saturated heterocycles. The van der Waals surface area contributed by atoms with Gasteiger partial charge in [-0.05, 0) is 42.5 Å². The summed E-state index contributed by atoms with van der Waals surface area (Å²) in [6, 6.07) is 12.4. The standard InChI is InChI=1S/C24H21ClN4O5S/c25-17-4-6-18(7-5-17)35(31,32)19(16-26)15-20-22(27-21-3-1-2-10-29(21)23(20)30)28-11-8-24(9-12-28)33-13-14-34-24/h1-7,10,15H,8-9,11-14H2. The average Bonchev–Trinajstić information content (AvgIpc) is 3.32. The van der Waals surface area contributed by atoms with Crippen LogP contribution in [0.25, 0.3) is 11.7 Å². The highest BCUT2D eigenvalue weighted by Crippen LogP contribution is 2.34. The maximum atomic E-state index is 13.5. The lowest BCUT2D eigenvalue weighted by Crippen LogP contribution is -2.46. The summed E-state index contributed by atoms with van der Waals surface area (Å²) in [6.45, 7) is 2.06. The number of hydrogen-bond acceptors (Lipinski definition) is 8. The van der Waals surface area contributed by atoms with Crippen LogP contribution >= 0.6 is 11.6 Å².